The molecule has 60 valence electrons. The van der Waals surface area contributed by atoms with Gasteiger partial charge in [-0.2, -0.15) is 0 Å². The topological polar surface area (TPSA) is 69.9 Å². The predicted octanol–water partition coefficient (Wildman–Crippen LogP) is -1.16. The van der Waals surface area contributed by atoms with Gasteiger partial charge in [0.15, 0.2) is 5.79 Å². The first kappa shape index (κ1) is 7.94. The summed E-state index contributed by atoms with van der Waals surface area (Å²) in [6.45, 7) is 1.62. The SMILES string of the molecule is C[C@]1(O)OCC[C@@H](O)[C@@H]1O. The van der Waals surface area contributed by atoms with E-state index in [1.54, 1.807) is 0 Å². The number of aliphatic hydroxyl groups excluding tert-OH is 2. The van der Waals surface area contributed by atoms with Crippen LogP contribution in [0.25, 0.3) is 0 Å². The molecule has 1 heterocycles. The Balaban J connectivity index is 2.60. The lowest BCUT2D eigenvalue weighted by atomic mass is 10.0. The summed E-state index contributed by atoms with van der Waals surface area (Å²) in [5.41, 5.74) is 0. The van der Waals surface area contributed by atoms with Gasteiger partial charge in [0.25, 0.3) is 0 Å². The molecule has 0 aromatic carbocycles. The maximum absolute atomic E-state index is 9.18. The second-order valence-electron chi connectivity index (χ2n) is 2.70. The molecular formula is C6H12O4. The van der Waals surface area contributed by atoms with E-state index in [0.717, 1.165) is 0 Å². The van der Waals surface area contributed by atoms with Crippen molar-refractivity contribution in [2.24, 2.45) is 0 Å². The van der Waals surface area contributed by atoms with E-state index in [9.17, 15) is 5.11 Å². The number of hydrogen-bond donors (Lipinski definition) is 3. The molecule has 0 radical (unpaired) electrons. The summed E-state index contributed by atoms with van der Waals surface area (Å²) in [6, 6.07) is 0. The van der Waals surface area contributed by atoms with E-state index < -0.39 is 18.0 Å². The van der Waals surface area contributed by atoms with Gasteiger partial charge in [-0.15, -0.1) is 0 Å². The van der Waals surface area contributed by atoms with Crippen molar-refractivity contribution < 1.29 is 20.1 Å². The Morgan fingerprint density at radius 1 is 1.50 bits per heavy atom. The van der Waals surface area contributed by atoms with Gasteiger partial charge >= 0.3 is 0 Å². The fraction of sp³-hybridized carbons (Fsp3) is 1.00. The van der Waals surface area contributed by atoms with Crippen LogP contribution >= 0.6 is 0 Å². The molecule has 0 saturated carbocycles. The first-order valence-corrected chi connectivity index (χ1v) is 3.26. The van der Waals surface area contributed by atoms with Crippen molar-refractivity contribution in [2.45, 2.75) is 31.3 Å². The maximum Gasteiger partial charge on any atom is 0.191 e. The highest BCUT2D eigenvalue weighted by molar-refractivity contribution is 4.82. The van der Waals surface area contributed by atoms with Crippen LogP contribution in [0.5, 0.6) is 0 Å². The summed E-state index contributed by atoms with van der Waals surface area (Å²) < 4.78 is 4.79. The van der Waals surface area contributed by atoms with Crippen LogP contribution < -0.4 is 0 Å². The summed E-state index contributed by atoms with van der Waals surface area (Å²) in [4.78, 5) is 0. The average Bonchev–Trinajstić information content (AvgIpc) is 1.83. The minimum absolute atomic E-state index is 0.283. The molecular weight excluding hydrogens is 136 g/mol. The number of aliphatic hydroxyl groups is 3. The summed E-state index contributed by atoms with van der Waals surface area (Å²) in [6.07, 6.45) is -1.69. The van der Waals surface area contributed by atoms with E-state index >= 15 is 0 Å². The maximum atomic E-state index is 9.18. The highest BCUT2D eigenvalue weighted by Gasteiger charge is 2.40. The van der Waals surface area contributed by atoms with E-state index in [2.05, 4.69) is 0 Å². The van der Waals surface area contributed by atoms with Gasteiger partial charge in [-0.25, -0.2) is 0 Å². The average molecular weight is 148 g/mol. The quantitative estimate of drug-likeness (QED) is 0.405. The number of hydrogen-bond acceptors (Lipinski definition) is 4. The molecule has 4 heteroatoms. The highest BCUT2D eigenvalue weighted by atomic mass is 16.6. The van der Waals surface area contributed by atoms with Gasteiger partial charge in [-0.1, -0.05) is 0 Å². The van der Waals surface area contributed by atoms with Gasteiger partial charge in [0.1, 0.15) is 6.10 Å². The van der Waals surface area contributed by atoms with Crippen LogP contribution in [0.4, 0.5) is 0 Å². The standard InChI is InChI=1S/C6H12O4/c1-6(9)5(8)4(7)2-3-10-6/h4-5,7-9H,2-3H2,1H3/t4-,5+,6+/m1/s1. The van der Waals surface area contributed by atoms with Gasteiger partial charge in [0, 0.05) is 0 Å². The van der Waals surface area contributed by atoms with Gasteiger partial charge < -0.3 is 20.1 Å². The molecule has 3 atom stereocenters. The lowest BCUT2D eigenvalue weighted by Gasteiger charge is -2.36. The van der Waals surface area contributed by atoms with Gasteiger partial charge in [-0.05, 0) is 13.3 Å². The fourth-order valence-corrected chi connectivity index (χ4v) is 0.987. The van der Waals surface area contributed by atoms with Crippen molar-refractivity contribution in [1.82, 2.24) is 0 Å². The molecule has 1 rings (SSSR count). The lowest BCUT2D eigenvalue weighted by Crippen LogP contribution is -2.53. The smallest absolute Gasteiger partial charge is 0.191 e. The van der Waals surface area contributed by atoms with Crippen LogP contribution in [0.3, 0.4) is 0 Å². The first-order chi connectivity index (χ1) is 4.54. The van der Waals surface area contributed by atoms with E-state index in [0.29, 0.717) is 6.42 Å². The molecule has 0 aromatic heterocycles. The van der Waals surface area contributed by atoms with E-state index in [4.69, 9.17) is 14.9 Å². The first-order valence-electron chi connectivity index (χ1n) is 3.26. The largest absolute Gasteiger partial charge is 0.390 e. The Kier molecular flexibility index (Phi) is 1.96. The molecule has 0 bridgehead atoms. The number of rotatable bonds is 0. The second kappa shape index (κ2) is 2.47. The molecule has 1 aliphatic rings. The van der Waals surface area contributed by atoms with Crippen LogP contribution in [0.2, 0.25) is 0 Å². The molecule has 0 aromatic rings. The third-order valence-corrected chi connectivity index (χ3v) is 1.72. The molecule has 1 saturated heterocycles. The van der Waals surface area contributed by atoms with Gasteiger partial charge in [0.05, 0.1) is 12.7 Å². The van der Waals surface area contributed by atoms with Crippen LogP contribution in [-0.4, -0.2) is 39.9 Å². The third kappa shape index (κ3) is 1.29. The monoisotopic (exact) mass is 148 g/mol. The molecule has 3 N–H and O–H groups in total. The Hall–Kier alpha value is -0.160. The number of ether oxygens (including phenoxy) is 1. The Bertz CT molecular complexity index is 123. The zero-order valence-electron chi connectivity index (χ0n) is 5.82. The summed E-state index contributed by atoms with van der Waals surface area (Å²) in [7, 11) is 0. The van der Waals surface area contributed by atoms with Crippen molar-refractivity contribution >= 4 is 0 Å². The van der Waals surface area contributed by atoms with Crippen LogP contribution in [0.1, 0.15) is 13.3 Å². The van der Waals surface area contributed by atoms with Crippen molar-refractivity contribution in [3.8, 4) is 0 Å². The third-order valence-electron chi connectivity index (χ3n) is 1.72. The minimum atomic E-state index is -1.59. The molecule has 0 amide bonds. The zero-order chi connectivity index (χ0) is 7.78. The van der Waals surface area contributed by atoms with Crippen molar-refractivity contribution in [2.75, 3.05) is 6.61 Å². The molecule has 10 heavy (non-hydrogen) atoms. The molecule has 0 aliphatic carbocycles. The van der Waals surface area contributed by atoms with E-state index in [-0.39, 0.29) is 6.61 Å². The minimum Gasteiger partial charge on any atom is -0.390 e. The summed E-state index contributed by atoms with van der Waals surface area (Å²) >= 11 is 0. The van der Waals surface area contributed by atoms with Crippen molar-refractivity contribution in [3.05, 3.63) is 0 Å². The van der Waals surface area contributed by atoms with Crippen LogP contribution in [0.15, 0.2) is 0 Å². The van der Waals surface area contributed by atoms with E-state index in [1.807, 2.05) is 0 Å². The summed E-state index contributed by atoms with van der Waals surface area (Å²) in [5, 5.41) is 27.3. The zero-order valence-corrected chi connectivity index (χ0v) is 5.82. The van der Waals surface area contributed by atoms with Crippen molar-refractivity contribution in [3.63, 3.8) is 0 Å². The van der Waals surface area contributed by atoms with Crippen molar-refractivity contribution in [1.29, 1.82) is 0 Å². The Morgan fingerprint density at radius 2 is 2.10 bits per heavy atom. The van der Waals surface area contributed by atoms with Gasteiger partial charge in [0.2, 0.25) is 0 Å². The molecule has 0 unspecified atom stereocenters. The fourth-order valence-electron chi connectivity index (χ4n) is 0.987. The van der Waals surface area contributed by atoms with Gasteiger partial charge in [-0.3, -0.25) is 0 Å². The van der Waals surface area contributed by atoms with E-state index in [1.165, 1.54) is 6.92 Å². The van der Waals surface area contributed by atoms with Crippen LogP contribution in [-0.2, 0) is 4.74 Å². The Labute approximate surface area is 59.1 Å². The normalized spacial score (nSPS) is 49.2. The second-order valence-corrected chi connectivity index (χ2v) is 2.70. The summed E-state index contributed by atoms with van der Waals surface area (Å²) in [5.74, 6) is -1.59. The van der Waals surface area contributed by atoms with Crippen LogP contribution in [0, 0.1) is 0 Å². The Morgan fingerprint density at radius 3 is 2.50 bits per heavy atom. The molecule has 0 spiro atoms. The predicted molar refractivity (Wildman–Crippen MR) is 33.2 cm³/mol. The molecule has 1 aliphatic heterocycles. The lowest BCUT2D eigenvalue weighted by molar-refractivity contribution is -0.289. The highest BCUT2D eigenvalue weighted by Crippen LogP contribution is 2.22. The molecule has 1 fully saturated rings. The molecule has 4 nitrogen and oxygen atoms in total.